The Kier molecular flexibility index (Phi) is 5.12. The van der Waals surface area contributed by atoms with Crippen molar-refractivity contribution in [2.75, 3.05) is 37.2 Å². The van der Waals surface area contributed by atoms with Crippen molar-refractivity contribution in [1.82, 2.24) is 4.90 Å². The SMILES string of the molecule is CCN(CC)CCNc1ccc(N)c(C)c1. The molecule has 1 rings (SSSR count). The number of nitrogen functional groups attached to an aromatic ring is 1. The van der Waals surface area contributed by atoms with E-state index in [1.54, 1.807) is 0 Å². The molecular formula is C13H23N3. The number of benzene rings is 1. The molecule has 3 heteroatoms. The van der Waals surface area contributed by atoms with Crippen LogP contribution < -0.4 is 11.1 Å². The van der Waals surface area contributed by atoms with Crippen molar-refractivity contribution in [3.63, 3.8) is 0 Å². The van der Waals surface area contributed by atoms with E-state index in [2.05, 4.69) is 30.1 Å². The minimum Gasteiger partial charge on any atom is -0.399 e. The molecule has 0 spiro atoms. The summed E-state index contributed by atoms with van der Waals surface area (Å²) in [4.78, 5) is 2.40. The third-order valence-corrected chi connectivity index (χ3v) is 2.92. The van der Waals surface area contributed by atoms with Gasteiger partial charge in [0.05, 0.1) is 0 Å². The second-order valence-corrected chi connectivity index (χ2v) is 4.03. The molecule has 0 heterocycles. The van der Waals surface area contributed by atoms with E-state index < -0.39 is 0 Å². The lowest BCUT2D eigenvalue weighted by atomic mass is 10.2. The molecular weight excluding hydrogens is 198 g/mol. The van der Waals surface area contributed by atoms with Crippen LogP contribution in [0.15, 0.2) is 18.2 Å². The van der Waals surface area contributed by atoms with Gasteiger partial charge in [0.1, 0.15) is 0 Å². The first-order chi connectivity index (χ1) is 7.67. The van der Waals surface area contributed by atoms with Crippen LogP contribution in [0.2, 0.25) is 0 Å². The van der Waals surface area contributed by atoms with Gasteiger partial charge in [0.2, 0.25) is 0 Å². The van der Waals surface area contributed by atoms with Crippen molar-refractivity contribution in [2.24, 2.45) is 0 Å². The highest BCUT2D eigenvalue weighted by Gasteiger charge is 1.99. The molecule has 16 heavy (non-hydrogen) atoms. The Labute approximate surface area is 98.6 Å². The summed E-state index contributed by atoms with van der Waals surface area (Å²) in [5.41, 5.74) is 8.91. The maximum absolute atomic E-state index is 5.77. The normalized spacial score (nSPS) is 10.8. The number of hydrogen-bond donors (Lipinski definition) is 2. The molecule has 0 aliphatic rings. The van der Waals surface area contributed by atoms with Crippen molar-refractivity contribution in [3.8, 4) is 0 Å². The number of likely N-dealkylation sites (N-methyl/N-ethyl adjacent to an activating group) is 1. The number of hydrogen-bond acceptors (Lipinski definition) is 3. The molecule has 1 aromatic rings. The van der Waals surface area contributed by atoms with Gasteiger partial charge in [-0.05, 0) is 43.8 Å². The fourth-order valence-electron chi connectivity index (χ4n) is 1.68. The number of aryl methyl sites for hydroxylation is 1. The molecule has 0 saturated heterocycles. The van der Waals surface area contributed by atoms with Crippen molar-refractivity contribution in [3.05, 3.63) is 23.8 Å². The van der Waals surface area contributed by atoms with E-state index in [4.69, 9.17) is 5.73 Å². The summed E-state index contributed by atoms with van der Waals surface area (Å²) in [7, 11) is 0. The molecule has 0 aliphatic carbocycles. The maximum atomic E-state index is 5.77. The zero-order valence-corrected chi connectivity index (χ0v) is 10.6. The molecule has 3 nitrogen and oxygen atoms in total. The Morgan fingerprint density at radius 3 is 2.50 bits per heavy atom. The standard InChI is InChI=1S/C13H23N3/c1-4-16(5-2)9-8-15-12-6-7-13(14)11(3)10-12/h6-7,10,15H,4-5,8-9,14H2,1-3H3. The number of nitrogens with zero attached hydrogens (tertiary/aromatic N) is 1. The third kappa shape index (κ3) is 3.74. The topological polar surface area (TPSA) is 41.3 Å². The fraction of sp³-hybridized carbons (Fsp3) is 0.538. The van der Waals surface area contributed by atoms with Crippen LogP contribution in [0.1, 0.15) is 19.4 Å². The van der Waals surface area contributed by atoms with Gasteiger partial charge < -0.3 is 16.0 Å². The van der Waals surface area contributed by atoms with E-state index in [0.717, 1.165) is 43.1 Å². The third-order valence-electron chi connectivity index (χ3n) is 2.92. The molecule has 90 valence electrons. The summed E-state index contributed by atoms with van der Waals surface area (Å²) in [6.45, 7) is 10.7. The Bertz CT molecular complexity index is 319. The highest BCUT2D eigenvalue weighted by atomic mass is 15.1. The lowest BCUT2D eigenvalue weighted by Crippen LogP contribution is -2.28. The smallest absolute Gasteiger partial charge is 0.0345 e. The van der Waals surface area contributed by atoms with Crippen LogP contribution in [0.25, 0.3) is 0 Å². The first-order valence-electron chi connectivity index (χ1n) is 5.99. The van der Waals surface area contributed by atoms with Gasteiger partial charge in [-0.15, -0.1) is 0 Å². The van der Waals surface area contributed by atoms with Crippen molar-refractivity contribution >= 4 is 11.4 Å². The molecule has 0 bridgehead atoms. The summed E-state index contributed by atoms with van der Waals surface area (Å²) < 4.78 is 0. The lowest BCUT2D eigenvalue weighted by Gasteiger charge is -2.18. The van der Waals surface area contributed by atoms with Crippen LogP contribution in [0, 0.1) is 6.92 Å². The van der Waals surface area contributed by atoms with Gasteiger partial charge in [-0.1, -0.05) is 13.8 Å². The van der Waals surface area contributed by atoms with Crippen LogP contribution >= 0.6 is 0 Å². The summed E-state index contributed by atoms with van der Waals surface area (Å²) in [5.74, 6) is 0. The van der Waals surface area contributed by atoms with E-state index in [9.17, 15) is 0 Å². The number of nitrogens with two attached hydrogens (primary N) is 1. The van der Waals surface area contributed by atoms with Crippen LogP contribution in [0.5, 0.6) is 0 Å². The predicted molar refractivity (Wildman–Crippen MR) is 71.9 cm³/mol. The van der Waals surface area contributed by atoms with Gasteiger partial charge in [-0.2, -0.15) is 0 Å². The van der Waals surface area contributed by atoms with E-state index in [1.165, 1.54) is 0 Å². The summed E-state index contributed by atoms with van der Waals surface area (Å²) in [6.07, 6.45) is 0. The molecule has 0 atom stereocenters. The van der Waals surface area contributed by atoms with Crippen molar-refractivity contribution in [2.45, 2.75) is 20.8 Å². The first-order valence-corrected chi connectivity index (χ1v) is 5.99. The first kappa shape index (κ1) is 12.8. The highest BCUT2D eigenvalue weighted by Crippen LogP contribution is 2.16. The molecule has 0 unspecified atom stereocenters. The quantitative estimate of drug-likeness (QED) is 0.724. The molecule has 0 amide bonds. The van der Waals surface area contributed by atoms with Crippen molar-refractivity contribution in [1.29, 1.82) is 0 Å². The zero-order chi connectivity index (χ0) is 12.0. The Morgan fingerprint density at radius 1 is 1.25 bits per heavy atom. The van der Waals surface area contributed by atoms with E-state index in [-0.39, 0.29) is 0 Å². The average Bonchev–Trinajstić information content (AvgIpc) is 2.29. The molecule has 3 N–H and O–H groups in total. The fourth-order valence-corrected chi connectivity index (χ4v) is 1.68. The number of nitrogens with one attached hydrogen (secondary N) is 1. The molecule has 0 radical (unpaired) electrons. The van der Waals surface area contributed by atoms with Crippen LogP contribution in [-0.2, 0) is 0 Å². The van der Waals surface area contributed by atoms with E-state index in [1.807, 2.05) is 19.1 Å². The maximum Gasteiger partial charge on any atom is 0.0345 e. The minimum absolute atomic E-state index is 0.856. The van der Waals surface area contributed by atoms with Crippen LogP contribution in [-0.4, -0.2) is 31.1 Å². The second kappa shape index (κ2) is 6.38. The Hall–Kier alpha value is -1.22. The largest absolute Gasteiger partial charge is 0.399 e. The Balaban J connectivity index is 2.40. The van der Waals surface area contributed by atoms with Gasteiger partial charge in [-0.25, -0.2) is 0 Å². The van der Waals surface area contributed by atoms with Gasteiger partial charge in [0.25, 0.3) is 0 Å². The second-order valence-electron chi connectivity index (χ2n) is 4.03. The lowest BCUT2D eigenvalue weighted by molar-refractivity contribution is 0.316. The average molecular weight is 221 g/mol. The zero-order valence-electron chi connectivity index (χ0n) is 10.6. The van der Waals surface area contributed by atoms with Gasteiger partial charge >= 0.3 is 0 Å². The molecule has 0 saturated carbocycles. The summed E-state index contributed by atoms with van der Waals surface area (Å²) in [5, 5.41) is 3.41. The highest BCUT2D eigenvalue weighted by molar-refractivity contribution is 5.56. The van der Waals surface area contributed by atoms with Gasteiger partial charge in [0.15, 0.2) is 0 Å². The van der Waals surface area contributed by atoms with E-state index >= 15 is 0 Å². The summed E-state index contributed by atoms with van der Waals surface area (Å²) >= 11 is 0. The van der Waals surface area contributed by atoms with Crippen LogP contribution in [0.3, 0.4) is 0 Å². The summed E-state index contributed by atoms with van der Waals surface area (Å²) in [6, 6.07) is 6.08. The molecule has 0 aromatic heterocycles. The van der Waals surface area contributed by atoms with E-state index in [0.29, 0.717) is 0 Å². The molecule has 0 aliphatic heterocycles. The Morgan fingerprint density at radius 2 is 1.94 bits per heavy atom. The molecule has 1 aromatic carbocycles. The number of rotatable bonds is 6. The number of anilines is 2. The molecule has 0 fully saturated rings. The predicted octanol–water partition coefficient (Wildman–Crippen LogP) is 2.33. The van der Waals surface area contributed by atoms with Crippen LogP contribution in [0.4, 0.5) is 11.4 Å². The van der Waals surface area contributed by atoms with Crippen molar-refractivity contribution < 1.29 is 0 Å². The van der Waals surface area contributed by atoms with Gasteiger partial charge in [-0.3, -0.25) is 0 Å². The van der Waals surface area contributed by atoms with Gasteiger partial charge in [0, 0.05) is 24.5 Å². The minimum atomic E-state index is 0.856. The monoisotopic (exact) mass is 221 g/mol.